The van der Waals surface area contributed by atoms with Crippen molar-refractivity contribution in [3.63, 3.8) is 0 Å². The first-order chi connectivity index (χ1) is 7.13. The van der Waals surface area contributed by atoms with Gasteiger partial charge in [-0.1, -0.05) is 6.08 Å². The fraction of sp³-hybridized carbons (Fsp3) is 0.833. The minimum atomic E-state index is 0.323. The van der Waals surface area contributed by atoms with Crippen LogP contribution in [0, 0.1) is 0 Å². The second-order valence-corrected chi connectivity index (χ2v) is 4.51. The molecule has 1 fully saturated rings. The van der Waals surface area contributed by atoms with Crippen LogP contribution in [0.4, 0.5) is 0 Å². The van der Waals surface area contributed by atoms with Crippen LogP contribution < -0.4 is 5.32 Å². The van der Waals surface area contributed by atoms with Crippen molar-refractivity contribution in [2.75, 3.05) is 26.2 Å². The first-order valence-electron chi connectivity index (χ1n) is 5.85. The standard InChI is InChI=1S/C12H24N2O/c1-5-11(4)13-8-12-9-14(10(2)3)6-7-15-12/h5,10-13H,1,6-9H2,2-4H3. The highest BCUT2D eigenvalue weighted by Crippen LogP contribution is 2.08. The van der Waals surface area contributed by atoms with E-state index in [1.54, 1.807) is 0 Å². The van der Waals surface area contributed by atoms with Crippen LogP contribution in [0.3, 0.4) is 0 Å². The topological polar surface area (TPSA) is 24.5 Å². The van der Waals surface area contributed by atoms with Crippen molar-refractivity contribution in [1.82, 2.24) is 10.2 Å². The van der Waals surface area contributed by atoms with Crippen molar-refractivity contribution in [2.45, 2.75) is 39.0 Å². The van der Waals surface area contributed by atoms with Gasteiger partial charge in [0.2, 0.25) is 0 Å². The van der Waals surface area contributed by atoms with Crippen LogP contribution in [-0.4, -0.2) is 49.3 Å². The second kappa shape index (κ2) is 6.26. The zero-order chi connectivity index (χ0) is 11.3. The van der Waals surface area contributed by atoms with Crippen LogP contribution in [0.25, 0.3) is 0 Å². The average molecular weight is 212 g/mol. The molecule has 1 aliphatic rings. The Balaban J connectivity index is 2.27. The molecule has 0 aliphatic carbocycles. The quantitative estimate of drug-likeness (QED) is 0.694. The van der Waals surface area contributed by atoms with Crippen LogP contribution in [-0.2, 0) is 4.74 Å². The Morgan fingerprint density at radius 2 is 2.27 bits per heavy atom. The van der Waals surface area contributed by atoms with Crippen LogP contribution in [0.1, 0.15) is 20.8 Å². The molecule has 0 aromatic rings. The molecule has 0 bridgehead atoms. The SMILES string of the molecule is C=CC(C)NCC1CN(C(C)C)CCO1. The van der Waals surface area contributed by atoms with Crippen LogP contribution in [0.5, 0.6) is 0 Å². The lowest BCUT2D eigenvalue weighted by molar-refractivity contribution is -0.0375. The fourth-order valence-electron chi connectivity index (χ4n) is 1.74. The first kappa shape index (κ1) is 12.7. The predicted octanol–water partition coefficient (Wildman–Crippen LogP) is 1.26. The monoisotopic (exact) mass is 212 g/mol. The molecule has 0 saturated carbocycles. The Kier molecular flexibility index (Phi) is 5.29. The largest absolute Gasteiger partial charge is 0.374 e. The lowest BCUT2D eigenvalue weighted by atomic mass is 10.2. The molecule has 88 valence electrons. The molecule has 15 heavy (non-hydrogen) atoms. The Bertz CT molecular complexity index is 194. The molecule has 0 aromatic heterocycles. The maximum atomic E-state index is 5.71. The molecule has 1 saturated heterocycles. The molecule has 0 aromatic carbocycles. The lowest BCUT2D eigenvalue weighted by Gasteiger charge is -2.35. The highest BCUT2D eigenvalue weighted by Gasteiger charge is 2.21. The zero-order valence-electron chi connectivity index (χ0n) is 10.2. The van der Waals surface area contributed by atoms with E-state index >= 15 is 0 Å². The molecule has 0 spiro atoms. The van der Waals surface area contributed by atoms with Gasteiger partial charge in [0.15, 0.2) is 0 Å². The van der Waals surface area contributed by atoms with E-state index in [0.717, 1.165) is 26.2 Å². The Morgan fingerprint density at radius 1 is 1.53 bits per heavy atom. The van der Waals surface area contributed by atoms with Crippen LogP contribution >= 0.6 is 0 Å². The Labute approximate surface area is 93.5 Å². The highest BCUT2D eigenvalue weighted by atomic mass is 16.5. The number of ether oxygens (including phenoxy) is 1. The maximum absolute atomic E-state index is 5.71. The van der Waals surface area contributed by atoms with Crippen LogP contribution in [0.2, 0.25) is 0 Å². The number of rotatable bonds is 5. The number of hydrogen-bond donors (Lipinski definition) is 1. The minimum Gasteiger partial charge on any atom is -0.374 e. The van der Waals surface area contributed by atoms with E-state index in [1.807, 2.05) is 6.08 Å². The Hall–Kier alpha value is -0.380. The number of nitrogens with one attached hydrogen (secondary N) is 1. The summed E-state index contributed by atoms with van der Waals surface area (Å²) in [6.45, 7) is 14.2. The summed E-state index contributed by atoms with van der Waals surface area (Å²) in [7, 11) is 0. The van der Waals surface area contributed by atoms with Gasteiger partial charge in [-0.15, -0.1) is 6.58 Å². The van der Waals surface area contributed by atoms with Crippen molar-refractivity contribution in [3.05, 3.63) is 12.7 Å². The van der Waals surface area contributed by atoms with Gasteiger partial charge >= 0.3 is 0 Å². The number of nitrogens with zero attached hydrogens (tertiary/aromatic N) is 1. The molecule has 1 aliphatic heterocycles. The molecule has 3 heteroatoms. The third-order valence-corrected chi connectivity index (χ3v) is 2.92. The minimum absolute atomic E-state index is 0.323. The average Bonchev–Trinajstić information content (AvgIpc) is 2.26. The molecule has 1 heterocycles. The van der Waals surface area contributed by atoms with Crippen molar-refractivity contribution in [2.24, 2.45) is 0 Å². The number of morpholine rings is 1. The summed E-state index contributed by atoms with van der Waals surface area (Å²) in [5.74, 6) is 0. The third kappa shape index (κ3) is 4.33. The van der Waals surface area contributed by atoms with Gasteiger partial charge in [-0.2, -0.15) is 0 Å². The van der Waals surface area contributed by atoms with Crippen molar-refractivity contribution in [1.29, 1.82) is 0 Å². The van der Waals surface area contributed by atoms with E-state index in [-0.39, 0.29) is 0 Å². The molecular weight excluding hydrogens is 188 g/mol. The van der Waals surface area contributed by atoms with Gasteiger partial charge in [0.05, 0.1) is 12.7 Å². The Morgan fingerprint density at radius 3 is 2.87 bits per heavy atom. The normalized spacial score (nSPS) is 25.5. The van der Waals surface area contributed by atoms with Crippen molar-refractivity contribution < 1.29 is 4.74 Å². The molecule has 0 amide bonds. The van der Waals surface area contributed by atoms with Crippen LogP contribution in [0.15, 0.2) is 12.7 Å². The molecule has 1 N–H and O–H groups in total. The second-order valence-electron chi connectivity index (χ2n) is 4.51. The van der Waals surface area contributed by atoms with E-state index < -0.39 is 0 Å². The third-order valence-electron chi connectivity index (χ3n) is 2.92. The van der Waals surface area contributed by atoms with Gasteiger partial charge < -0.3 is 10.1 Å². The molecule has 0 radical (unpaired) electrons. The fourth-order valence-corrected chi connectivity index (χ4v) is 1.74. The van der Waals surface area contributed by atoms with Gasteiger partial charge in [0, 0.05) is 31.7 Å². The lowest BCUT2D eigenvalue weighted by Crippen LogP contribution is -2.49. The maximum Gasteiger partial charge on any atom is 0.0827 e. The summed E-state index contributed by atoms with van der Waals surface area (Å²) >= 11 is 0. The highest BCUT2D eigenvalue weighted by molar-refractivity contribution is 4.83. The van der Waals surface area contributed by atoms with Gasteiger partial charge in [-0.3, -0.25) is 4.90 Å². The number of hydrogen-bond acceptors (Lipinski definition) is 3. The molecular formula is C12H24N2O. The van der Waals surface area contributed by atoms with Gasteiger partial charge in [-0.25, -0.2) is 0 Å². The predicted molar refractivity (Wildman–Crippen MR) is 64.1 cm³/mol. The molecule has 2 atom stereocenters. The molecule has 3 nitrogen and oxygen atoms in total. The molecule has 1 rings (SSSR count). The van der Waals surface area contributed by atoms with E-state index in [4.69, 9.17) is 4.74 Å². The van der Waals surface area contributed by atoms with Crippen molar-refractivity contribution in [3.8, 4) is 0 Å². The summed E-state index contributed by atoms with van der Waals surface area (Å²) in [6.07, 6.45) is 2.24. The van der Waals surface area contributed by atoms with E-state index in [9.17, 15) is 0 Å². The summed E-state index contributed by atoms with van der Waals surface area (Å²) < 4.78 is 5.71. The summed E-state index contributed by atoms with van der Waals surface area (Å²) in [6, 6.07) is 0.983. The van der Waals surface area contributed by atoms with Crippen molar-refractivity contribution >= 4 is 0 Å². The summed E-state index contributed by atoms with van der Waals surface area (Å²) in [5.41, 5.74) is 0. The van der Waals surface area contributed by atoms with Gasteiger partial charge in [-0.05, 0) is 20.8 Å². The van der Waals surface area contributed by atoms with Gasteiger partial charge in [0.25, 0.3) is 0 Å². The van der Waals surface area contributed by atoms with Gasteiger partial charge in [0.1, 0.15) is 0 Å². The van der Waals surface area contributed by atoms with E-state index in [0.29, 0.717) is 18.2 Å². The summed E-state index contributed by atoms with van der Waals surface area (Å²) in [4.78, 5) is 2.47. The smallest absolute Gasteiger partial charge is 0.0827 e. The first-order valence-corrected chi connectivity index (χ1v) is 5.85. The van der Waals surface area contributed by atoms with E-state index in [2.05, 4.69) is 37.6 Å². The summed E-state index contributed by atoms with van der Waals surface area (Å²) in [5, 5.41) is 3.39. The zero-order valence-corrected chi connectivity index (χ0v) is 10.2. The van der Waals surface area contributed by atoms with E-state index in [1.165, 1.54) is 0 Å². The molecule has 2 unspecified atom stereocenters.